The van der Waals surface area contributed by atoms with Crippen LogP contribution in [0.5, 0.6) is 0 Å². The van der Waals surface area contributed by atoms with Gasteiger partial charge in [-0.05, 0) is 18.3 Å². The van der Waals surface area contributed by atoms with Crippen molar-refractivity contribution in [2.75, 3.05) is 4.90 Å². The predicted octanol–water partition coefficient (Wildman–Crippen LogP) is 2.43. The number of rotatable bonds is 1. The Balaban J connectivity index is 1.76. The van der Waals surface area contributed by atoms with Gasteiger partial charge in [0, 0.05) is 21.2 Å². The number of hydrogen-bond donors (Lipinski definition) is 0. The molecule has 0 aromatic carbocycles. The number of halogens is 2. The first kappa shape index (κ1) is 12.5. The zero-order valence-corrected chi connectivity index (χ0v) is 13.7. The van der Waals surface area contributed by atoms with Crippen molar-refractivity contribution in [1.82, 2.24) is 4.98 Å². The molecule has 3 aliphatic rings. The number of carbonyl (C=O) groups is 2. The van der Waals surface area contributed by atoms with Crippen LogP contribution in [0.2, 0.25) is 0 Å². The van der Waals surface area contributed by atoms with E-state index in [1.54, 1.807) is 11.6 Å². The Morgan fingerprint density at radius 3 is 2.21 bits per heavy atom. The number of aromatic nitrogens is 1. The second kappa shape index (κ2) is 4.11. The molecule has 1 aromatic rings. The highest BCUT2D eigenvalue weighted by molar-refractivity contribution is 9.12. The highest BCUT2D eigenvalue weighted by Gasteiger charge is 2.66. The van der Waals surface area contributed by atoms with Crippen LogP contribution in [0.25, 0.3) is 0 Å². The summed E-state index contributed by atoms with van der Waals surface area (Å²) < 4.78 is 0. The predicted molar refractivity (Wildman–Crippen MR) is 78.6 cm³/mol. The molecule has 3 fully saturated rings. The lowest BCUT2D eigenvalue weighted by Gasteiger charge is -2.28. The number of amides is 2. The molecule has 6 atom stereocenters. The zero-order valence-electron chi connectivity index (χ0n) is 9.70. The molecule has 4 nitrogen and oxygen atoms in total. The van der Waals surface area contributed by atoms with Gasteiger partial charge in [-0.15, -0.1) is 11.3 Å². The summed E-state index contributed by atoms with van der Waals surface area (Å²) in [5.74, 6) is 0.114. The first-order valence-electron chi connectivity index (χ1n) is 6.16. The summed E-state index contributed by atoms with van der Waals surface area (Å²) >= 11 is 8.68. The van der Waals surface area contributed by atoms with Gasteiger partial charge in [-0.1, -0.05) is 31.9 Å². The molecule has 2 bridgehead atoms. The Hall–Kier alpha value is -0.270. The third kappa shape index (κ3) is 1.46. The van der Waals surface area contributed by atoms with Crippen molar-refractivity contribution in [2.45, 2.75) is 16.1 Å². The third-order valence-corrected chi connectivity index (χ3v) is 8.56. The summed E-state index contributed by atoms with van der Waals surface area (Å²) in [6, 6.07) is 0. The van der Waals surface area contributed by atoms with Gasteiger partial charge in [-0.3, -0.25) is 9.59 Å². The van der Waals surface area contributed by atoms with Crippen LogP contribution in [-0.4, -0.2) is 26.5 Å². The van der Waals surface area contributed by atoms with Gasteiger partial charge in [0.2, 0.25) is 11.8 Å². The summed E-state index contributed by atoms with van der Waals surface area (Å²) in [4.78, 5) is 31.1. The van der Waals surface area contributed by atoms with E-state index in [9.17, 15) is 9.59 Å². The first-order valence-corrected chi connectivity index (χ1v) is 8.88. The van der Waals surface area contributed by atoms with E-state index in [4.69, 9.17) is 0 Å². The van der Waals surface area contributed by atoms with Crippen molar-refractivity contribution < 1.29 is 9.59 Å². The minimum atomic E-state index is -0.153. The highest BCUT2D eigenvalue weighted by Crippen LogP contribution is 2.60. The van der Waals surface area contributed by atoms with Crippen LogP contribution < -0.4 is 4.90 Å². The van der Waals surface area contributed by atoms with Gasteiger partial charge < -0.3 is 0 Å². The van der Waals surface area contributed by atoms with Crippen LogP contribution in [0.3, 0.4) is 0 Å². The van der Waals surface area contributed by atoms with Crippen LogP contribution in [0.1, 0.15) is 6.42 Å². The fourth-order valence-corrected chi connectivity index (χ4v) is 6.39. The summed E-state index contributed by atoms with van der Waals surface area (Å²) in [6.45, 7) is 0. The lowest BCUT2D eigenvalue weighted by Crippen LogP contribution is -2.37. The van der Waals surface area contributed by atoms with Gasteiger partial charge in [-0.2, -0.15) is 0 Å². The molecule has 2 saturated carbocycles. The van der Waals surface area contributed by atoms with Crippen molar-refractivity contribution >= 4 is 60.1 Å². The SMILES string of the molecule is O=C1[C@H]2[C@@H]3C[C@@H]([C@H](Br)[C@@H]3Br)[C@@H]2C(=O)N1c1nccs1. The fourth-order valence-electron chi connectivity index (χ4n) is 3.86. The van der Waals surface area contributed by atoms with Crippen molar-refractivity contribution in [3.05, 3.63) is 11.6 Å². The molecule has 100 valence electrons. The number of nitrogens with zero attached hydrogens (tertiary/aromatic N) is 2. The molecule has 4 rings (SSSR count). The van der Waals surface area contributed by atoms with Gasteiger partial charge in [0.05, 0.1) is 11.8 Å². The van der Waals surface area contributed by atoms with Crippen molar-refractivity contribution in [3.8, 4) is 0 Å². The molecule has 2 aliphatic carbocycles. The molecule has 2 heterocycles. The second-order valence-corrected chi connectivity index (χ2v) is 8.32. The quantitative estimate of drug-likeness (QED) is 0.532. The number of alkyl halides is 2. The number of thiazole rings is 1. The maximum absolute atomic E-state index is 12.6. The molecule has 7 heteroatoms. The van der Waals surface area contributed by atoms with Gasteiger partial charge in [0.15, 0.2) is 5.13 Å². The standard InChI is InChI=1S/C12H10Br2N2O2S/c13-8-4-3-5(9(8)14)7-6(4)10(17)16(11(7)18)12-15-1-2-19-12/h1-2,4-9H,3H2/t4-,5+,6-,7-,8+,9-/m0/s1. The number of fused-ring (bicyclic) bond motifs is 5. The van der Waals surface area contributed by atoms with Crippen LogP contribution >= 0.6 is 43.2 Å². The van der Waals surface area contributed by atoms with Crippen molar-refractivity contribution in [3.63, 3.8) is 0 Å². The molecule has 0 N–H and O–H groups in total. The smallest absolute Gasteiger partial charge is 0.239 e. The molecular weight excluding hydrogens is 396 g/mol. The van der Waals surface area contributed by atoms with Gasteiger partial charge in [0.25, 0.3) is 0 Å². The molecule has 2 amide bonds. The summed E-state index contributed by atoms with van der Waals surface area (Å²) in [5.41, 5.74) is 0. The van der Waals surface area contributed by atoms with Gasteiger partial charge in [0.1, 0.15) is 0 Å². The normalized spacial score (nSPS) is 44.2. The Morgan fingerprint density at radius 1 is 1.16 bits per heavy atom. The van der Waals surface area contributed by atoms with Crippen LogP contribution in [0.4, 0.5) is 5.13 Å². The summed E-state index contributed by atoms with van der Waals surface area (Å²) in [6.07, 6.45) is 2.59. The van der Waals surface area contributed by atoms with E-state index in [1.165, 1.54) is 16.2 Å². The topological polar surface area (TPSA) is 50.3 Å². The largest absolute Gasteiger partial charge is 0.274 e. The average molecular weight is 406 g/mol. The monoisotopic (exact) mass is 404 g/mol. The molecule has 1 aliphatic heterocycles. The van der Waals surface area contributed by atoms with E-state index >= 15 is 0 Å². The highest BCUT2D eigenvalue weighted by atomic mass is 79.9. The number of hydrogen-bond acceptors (Lipinski definition) is 4. The Bertz CT molecular complexity index is 532. The van der Waals surface area contributed by atoms with Crippen LogP contribution in [-0.2, 0) is 9.59 Å². The Morgan fingerprint density at radius 2 is 1.74 bits per heavy atom. The Labute approximate surface area is 130 Å². The number of carbonyl (C=O) groups excluding carboxylic acids is 2. The minimum Gasteiger partial charge on any atom is -0.274 e. The molecule has 1 aromatic heterocycles. The van der Waals surface area contributed by atoms with E-state index in [0.29, 0.717) is 5.13 Å². The molecule has 19 heavy (non-hydrogen) atoms. The van der Waals surface area contributed by atoms with Crippen molar-refractivity contribution in [2.24, 2.45) is 23.7 Å². The van der Waals surface area contributed by atoms with E-state index in [0.717, 1.165) is 6.42 Å². The first-order chi connectivity index (χ1) is 9.11. The summed E-state index contributed by atoms with van der Waals surface area (Å²) in [7, 11) is 0. The fraction of sp³-hybridized carbons (Fsp3) is 0.583. The molecule has 1 saturated heterocycles. The van der Waals surface area contributed by atoms with Crippen molar-refractivity contribution in [1.29, 1.82) is 0 Å². The van der Waals surface area contributed by atoms with Gasteiger partial charge >= 0.3 is 0 Å². The lowest BCUT2D eigenvalue weighted by molar-refractivity contribution is -0.123. The number of imide groups is 1. The average Bonchev–Trinajstić information content (AvgIpc) is 3.10. The third-order valence-electron chi connectivity index (χ3n) is 4.60. The maximum Gasteiger partial charge on any atom is 0.239 e. The molecule has 0 radical (unpaired) electrons. The minimum absolute atomic E-state index is 0.0544. The van der Waals surface area contributed by atoms with Crippen LogP contribution in [0.15, 0.2) is 11.6 Å². The maximum atomic E-state index is 12.6. The van der Waals surface area contributed by atoms with E-state index in [2.05, 4.69) is 36.8 Å². The summed E-state index contributed by atoms with van der Waals surface area (Å²) in [5, 5.41) is 2.31. The Kier molecular flexibility index (Phi) is 2.70. The lowest BCUT2D eigenvalue weighted by atomic mass is 9.81. The van der Waals surface area contributed by atoms with E-state index in [-0.39, 0.29) is 45.1 Å². The second-order valence-electron chi connectivity index (χ2n) is 5.33. The molecule has 0 spiro atoms. The molecule has 0 unspecified atom stereocenters. The number of anilines is 1. The molecular formula is C12H10Br2N2O2S. The van der Waals surface area contributed by atoms with E-state index < -0.39 is 0 Å². The van der Waals surface area contributed by atoms with E-state index in [1.807, 2.05) is 0 Å². The van der Waals surface area contributed by atoms with Gasteiger partial charge in [-0.25, -0.2) is 9.88 Å². The zero-order chi connectivity index (χ0) is 13.3. The van der Waals surface area contributed by atoms with Crippen LogP contribution in [0, 0.1) is 23.7 Å².